The molecule has 0 radical (unpaired) electrons. The zero-order valence-corrected chi connectivity index (χ0v) is 13.8. The maximum absolute atomic E-state index is 12.3. The first kappa shape index (κ1) is 18.5. The van der Waals surface area contributed by atoms with Crippen LogP contribution >= 0.6 is 12.4 Å². The zero-order chi connectivity index (χ0) is 15.4. The Balaban J connectivity index is 0.00000242. The quantitative estimate of drug-likeness (QED) is 0.859. The Hall–Kier alpha value is -1.59. The number of halogens is 1. The summed E-state index contributed by atoms with van der Waals surface area (Å²) in [6, 6.07) is 6.94. The van der Waals surface area contributed by atoms with Crippen LogP contribution in [0.3, 0.4) is 0 Å². The average molecular weight is 327 g/mol. The van der Waals surface area contributed by atoms with E-state index in [1.54, 1.807) is 36.1 Å². The Morgan fingerprint density at radius 1 is 1.41 bits per heavy atom. The Morgan fingerprint density at radius 3 is 2.77 bits per heavy atom. The largest absolute Gasteiger partial charge is 0.481 e. The number of carbonyl (C=O) groups is 2. The highest BCUT2D eigenvalue weighted by molar-refractivity contribution is 5.94. The van der Waals surface area contributed by atoms with Crippen LogP contribution in [-0.4, -0.2) is 41.8 Å². The minimum atomic E-state index is -0.586. The van der Waals surface area contributed by atoms with E-state index in [2.05, 4.69) is 0 Å². The van der Waals surface area contributed by atoms with Crippen molar-refractivity contribution in [2.75, 3.05) is 13.1 Å². The van der Waals surface area contributed by atoms with E-state index in [-0.39, 0.29) is 30.1 Å². The molecule has 1 heterocycles. The van der Waals surface area contributed by atoms with Gasteiger partial charge in [-0.25, -0.2) is 0 Å². The Bertz CT molecular complexity index is 536. The van der Waals surface area contributed by atoms with E-state index in [4.69, 9.17) is 10.5 Å². The number of hydrogen-bond acceptors (Lipinski definition) is 4. The second-order valence-corrected chi connectivity index (χ2v) is 5.53. The molecule has 0 aromatic heterocycles. The summed E-state index contributed by atoms with van der Waals surface area (Å²) in [5.74, 6) is 0.449. The van der Waals surface area contributed by atoms with Gasteiger partial charge in [-0.1, -0.05) is 12.1 Å². The minimum absolute atomic E-state index is 0. The van der Waals surface area contributed by atoms with Gasteiger partial charge >= 0.3 is 0 Å². The third-order valence-electron chi connectivity index (χ3n) is 3.67. The molecule has 2 atom stereocenters. The molecule has 0 aliphatic carbocycles. The summed E-state index contributed by atoms with van der Waals surface area (Å²) in [5.41, 5.74) is 6.47. The molecule has 2 rings (SSSR count). The lowest BCUT2D eigenvalue weighted by Crippen LogP contribution is -2.49. The first-order chi connectivity index (χ1) is 9.97. The molecule has 122 valence electrons. The Morgan fingerprint density at radius 2 is 2.14 bits per heavy atom. The number of amides is 1. The summed E-state index contributed by atoms with van der Waals surface area (Å²) >= 11 is 0. The first-order valence-corrected chi connectivity index (χ1v) is 7.29. The van der Waals surface area contributed by atoms with Gasteiger partial charge in [-0.2, -0.15) is 0 Å². The monoisotopic (exact) mass is 326 g/mol. The van der Waals surface area contributed by atoms with E-state index in [0.29, 0.717) is 17.9 Å². The van der Waals surface area contributed by atoms with Crippen molar-refractivity contribution in [3.63, 3.8) is 0 Å². The van der Waals surface area contributed by atoms with E-state index in [0.717, 1.165) is 19.4 Å². The number of nitrogens with zero attached hydrogens (tertiary/aromatic N) is 1. The summed E-state index contributed by atoms with van der Waals surface area (Å²) in [5, 5.41) is 0. The molecular weight excluding hydrogens is 304 g/mol. The van der Waals surface area contributed by atoms with E-state index in [1.807, 2.05) is 0 Å². The molecule has 6 heteroatoms. The summed E-state index contributed by atoms with van der Waals surface area (Å²) in [6.07, 6.45) is 1.30. The Labute approximate surface area is 137 Å². The van der Waals surface area contributed by atoms with Gasteiger partial charge in [-0.15, -0.1) is 12.4 Å². The lowest BCUT2D eigenvalue weighted by Gasteiger charge is -2.32. The highest BCUT2D eigenvalue weighted by Crippen LogP contribution is 2.17. The van der Waals surface area contributed by atoms with Gasteiger partial charge in [0.05, 0.1) is 0 Å². The van der Waals surface area contributed by atoms with Crippen LogP contribution in [0.25, 0.3) is 0 Å². The molecule has 1 saturated heterocycles. The van der Waals surface area contributed by atoms with Gasteiger partial charge in [0.2, 0.25) is 0 Å². The summed E-state index contributed by atoms with van der Waals surface area (Å²) in [4.78, 5) is 25.5. The summed E-state index contributed by atoms with van der Waals surface area (Å²) in [6.45, 7) is 4.54. The molecule has 1 amide bonds. The van der Waals surface area contributed by atoms with Crippen LogP contribution in [0.5, 0.6) is 5.75 Å². The number of rotatable bonds is 4. The Kier molecular flexibility index (Phi) is 6.84. The van der Waals surface area contributed by atoms with Crippen molar-refractivity contribution in [3.05, 3.63) is 29.8 Å². The van der Waals surface area contributed by atoms with Crippen LogP contribution in [0.2, 0.25) is 0 Å². The number of carbonyl (C=O) groups excluding carboxylic acids is 2. The molecule has 1 aromatic carbocycles. The van der Waals surface area contributed by atoms with Gasteiger partial charge in [0.25, 0.3) is 5.91 Å². The van der Waals surface area contributed by atoms with Gasteiger partial charge in [0, 0.05) is 24.7 Å². The first-order valence-electron chi connectivity index (χ1n) is 7.29. The van der Waals surface area contributed by atoms with Crippen molar-refractivity contribution in [3.8, 4) is 5.75 Å². The second kappa shape index (κ2) is 8.15. The van der Waals surface area contributed by atoms with Crippen LogP contribution in [0.15, 0.2) is 24.3 Å². The second-order valence-electron chi connectivity index (χ2n) is 5.53. The molecule has 1 aliphatic heterocycles. The molecule has 1 aromatic rings. The topological polar surface area (TPSA) is 72.6 Å². The summed E-state index contributed by atoms with van der Waals surface area (Å²) in [7, 11) is 0. The molecule has 2 unspecified atom stereocenters. The fourth-order valence-electron chi connectivity index (χ4n) is 2.51. The lowest BCUT2D eigenvalue weighted by molar-refractivity contribution is -0.139. The highest BCUT2D eigenvalue weighted by Gasteiger charge is 2.26. The molecule has 22 heavy (non-hydrogen) atoms. The van der Waals surface area contributed by atoms with Crippen LogP contribution in [0.1, 0.15) is 37.0 Å². The lowest BCUT2D eigenvalue weighted by atomic mass is 10.1. The number of Topliss-reactive ketones (excluding diaryl/α,β-unsaturated/α-hetero) is 1. The predicted octanol–water partition coefficient (Wildman–Crippen LogP) is 2.03. The van der Waals surface area contributed by atoms with Gasteiger partial charge < -0.3 is 15.4 Å². The number of likely N-dealkylation sites (tertiary alicyclic amines) is 1. The standard InChI is InChI=1S/C16H22N2O3.ClH/c1-11(19)13-5-3-7-15(9-13)21-12(2)16(20)18-8-4-6-14(17)10-18;/h3,5,7,9,12,14H,4,6,8,10,17H2,1-2H3;1H. The van der Waals surface area contributed by atoms with E-state index in [1.165, 1.54) is 6.92 Å². The van der Waals surface area contributed by atoms with Gasteiger partial charge in [0.15, 0.2) is 11.9 Å². The number of ketones is 1. The van der Waals surface area contributed by atoms with E-state index in [9.17, 15) is 9.59 Å². The van der Waals surface area contributed by atoms with Gasteiger partial charge in [-0.05, 0) is 38.8 Å². The van der Waals surface area contributed by atoms with Crippen molar-refractivity contribution < 1.29 is 14.3 Å². The van der Waals surface area contributed by atoms with Crippen LogP contribution in [0, 0.1) is 0 Å². The normalized spacial score (nSPS) is 19.0. The SMILES string of the molecule is CC(=O)c1cccc(OC(C)C(=O)N2CCCC(N)C2)c1.Cl. The van der Waals surface area contributed by atoms with Gasteiger partial charge in [0.1, 0.15) is 5.75 Å². The van der Waals surface area contributed by atoms with Gasteiger partial charge in [-0.3, -0.25) is 9.59 Å². The minimum Gasteiger partial charge on any atom is -0.481 e. The molecule has 0 spiro atoms. The molecule has 1 fully saturated rings. The van der Waals surface area contributed by atoms with Crippen molar-refractivity contribution in [2.24, 2.45) is 5.73 Å². The van der Waals surface area contributed by atoms with Crippen molar-refractivity contribution in [1.82, 2.24) is 4.90 Å². The fourth-order valence-corrected chi connectivity index (χ4v) is 2.51. The van der Waals surface area contributed by atoms with Crippen molar-refractivity contribution >= 4 is 24.1 Å². The predicted molar refractivity (Wildman–Crippen MR) is 87.6 cm³/mol. The number of nitrogens with two attached hydrogens (primary N) is 1. The third-order valence-corrected chi connectivity index (χ3v) is 3.67. The highest BCUT2D eigenvalue weighted by atomic mass is 35.5. The molecule has 0 bridgehead atoms. The van der Waals surface area contributed by atoms with Crippen LogP contribution in [-0.2, 0) is 4.79 Å². The van der Waals surface area contributed by atoms with Crippen molar-refractivity contribution in [1.29, 1.82) is 0 Å². The number of piperidine rings is 1. The van der Waals surface area contributed by atoms with Crippen LogP contribution < -0.4 is 10.5 Å². The molecule has 5 nitrogen and oxygen atoms in total. The maximum atomic E-state index is 12.3. The van der Waals surface area contributed by atoms with Crippen LogP contribution in [0.4, 0.5) is 0 Å². The molecule has 1 aliphatic rings. The fraction of sp³-hybridized carbons (Fsp3) is 0.500. The van der Waals surface area contributed by atoms with E-state index < -0.39 is 6.10 Å². The smallest absolute Gasteiger partial charge is 0.263 e. The third kappa shape index (κ3) is 4.71. The molecular formula is C16H23ClN2O3. The summed E-state index contributed by atoms with van der Waals surface area (Å²) < 4.78 is 5.67. The number of benzene rings is 1. The average Bonchev–Trinajstić information content (AvgIpc) is 2.46. The van der Waals surface area contributed by atoms with Crippen molar-refractivity contribution in [2.45, 2.75) is 38.8 Å². The molecule has 2 N–H and O–H groups in total. The van der Waals surface area contributed by atoms with E-state index >= 15 is 0 Å². The number of hydrogen-bond donors (Lipinski definition) is 1. The zero-order valence-electron chi connectivity index (χ0n) is 13.0. The number of ether oxygens (including phenoxy) is 1. The molecule has 0 saturated carbocycles. The maximum Gasteiger partial charge on any atom is 0.263 e.